The molecule has 0 atom stereocenters. The van der Waals surface area contributed by atoms with E-state index in [9.17, 15) is 9.59 Å². The molecular weight excluding hydrogens is 244 g/mol. The van der Waals surface area contributed by atoms with Crippen LogP contribution >= 0.6 is 0 Å². The van der Waals surface area contributed by atoms with Crippen molar-refractivity contribution in [3.05, 3.63) is 34.8 Å². The molecule has 1 heterocycles. The van der Waals surface area contributed by atoms with Crippen LogP contribution in [0.15, 0.2) is 23.5 Å². The zero-order valence-electron chi connectivity index (χ0n) is 11.1. The first kappa shape index (κ1) is 13.6. The third kappa shape index (κ3) is 3.59. The Hall–Kier alpha value is -1.78. The number of carbonyl (C=O) groups excluding carboxylic acids is 1. The van der Waals surface area contributed by atoms with Crippen LogP contribution in [-0.4, -0.2) is 22.4 Å². The van der Waals surface area contributed by atoms with Gasteiger partial charge in [0.15, 0.2) is 0 Å². The molecule has 0 radical (unpaired) electrons. The summed E-state index contributed by atoms with van der Waals surface area (Å²) in [6.45, 7) is 4.28. The molecule has 5 nitrogen and oxygen atoms in total. The molecule has 1 aliphatic carbocycles. The van der Waals surface area contributed by atoms with E-state index in [2.05, 4.69) is 11.7 Å². The molecule has 0 bridgehead atoms. The van der Waals surface area contributed by atoms with Crippen molar-refractivity contribution in [3.8, 4) is 0 Å². The maximum Gasteiger partial charge on any atom is 0.356 e. The third-order valence-electron chi connectivity index (χ3n) is 3.51. The summed E-state index contributed by atoms with van der Waals surface area (Å²) < 4.78 is 6.41. The van der Waals surface area contributed by atoms with Crippen LogP contribution in [0.2, 0.25) is 0 Å². The quantitative estimate of drug-likeness (QED) is 0.654. The largest absolute Gasteiger partial charge is 0.457 e. The maximum absolute atomic E-state index is 11.8. The lowest BCUT2D eigenvalue weighted by Gasteiger charge is -2.21. The van der Waals surface area contributed by atoms with E-state index in [1.807, 2.05) is 0 Å². The van der Waals surface area contributed by atoms with Crippen molar-refractivity contribution < 1.29 is 9.53 Å². The Bertz CT molecular complexity index is 495. The minimum absolute atomic E-state index is 0.147. The average Bonchev–Trinajstić information content (AvgIpc) is 2.79. The maximum atomic E-state index is 11.8. The van der Waals surface area contributed by atoms with Crippen LogP contribution < -0.4 is 5.56 Å². The molecule has 0 aliphatic heterocycles. The summed E-state index contributed by atoms with van der Waals surface area (Å²) in [6.07, 6.45) is 7.55. The normalized spacial score (nSPS) is 16.2. The van der Waals surface area contributed by atoms with Gasteiger partial charge in [-0.1, -0.05) is 31.9 Å². The Kier molecular flexibility index (Phi) is 4.60. The lowest BCUT2D eigenvalue weighted by molar-refractivity contribution is 0.0541. The second kappa shape index (κ2) is 6.41. The molecule has 19 heavy (non-hydrogen) atoms. The topological polar surface area (TPSA) is 64.1 Å². The molecule has 1 aliphatic rings. The molecule has 5 heteroatoms. The van der Waals surface area contributed by atoms with Gasteiger partial charge in [0.1, 0.15) is 12.3 Å². The van der Waals surface area contributed by atoms with E-state index in [-0.39, 0.29) is 17.9 Å². The number of esters is 1. The molecule has 1 fully saturated rings. The van der Waals surface area contributed by atoms with Gasteiger partial charge < -0.3 is 4.74 Å². The first-order valence-corrected chi connectivity index (χ1v) is 6.78. The van der Waals surface area contributed by atoms with Crippen LogP contribution in [-0.2, 0) is 11.3 Å². The predicted molar refractivity (Wildman–Crippen MR) is 72.1 cm³/mol. The first-order chi connectivity index (χ1) is 9.20. The van der Waals surface area contributed by atoms with Gasteiger partial charge in [-0.3, -0.25) is 14.6 Å². The van der Waals surface area contributed by atoms with E-state index in [1.54, 1.807) is 0 Å². The van der Waals surface area contributed by atoms with Crippen molar-refractivity contribution in [1.29, 1.82) is 0 Å². The first-order valence-electron chi connectivity index (χ1n) is 6.78. The lowest BCUT2D eigenvalue weighted by Crippen LogP contribution is -2.22. The van der Waals surface area contributed by atoms with Crippen molar-refractivity contribution >= 4 is 5.97 Å². The Morgan fingerprint density at radius 1 is 1.47 bits per heavy atom. The fourth-order valence-corrected chi connectivity index (χ4v) is 2.51. The molecular formula is C14H20N2O3. The van der Waals surface area contributed by atoms with E-state index < -0.39 is 5.97 Å². The summed E-state index contributed by atoms with van der Waals surface area (Å²) >= 11 is 0. The number of nitrogens with one attached hydrogen (secondary N) is 1. The van der Waals surface area contributed by atoms with Gasteiger partial charge >= 0.3 is 5.97 Å². The van der Waals surface area contributed by atoms with E-state index in [0.717, 1.165) is 12.8 Å². The van der Waals surface area contributed by atoms with Gasteiger partial charge in [0.05, 0.1) is 0 Å². The summed E-state index contributed by atoms with van der Waals surface area (Å²) in [4.78, 5) is 23.4. The van der Waals surface area contributed by atoms with Crippen molar-refractivity contribution in [1.82, 2.24) is 9.78 Å². The molecule has 0 saturated heterocycles. The Morgan fingerprint density at radius 3 is 2.89 bits per heavy atom. The molecule has 1 aromatic heterocycles. The molecule has 0 aromatic carbocycles. The van der Waals surface area contributed by atoms with Gasteiger partial charge in [0.2, 0.25) is 0 Å². The minimum atomic E-state index is -0.514. The Morgan fingerprint density at radius 2 is 2.21 bits per heavy atom. The number of ether oxygens (including phenoxy) is 1. The highest BCUT2D eigenvalue weighted by Crippen LogP contribution is 2.24. The number of aromatic amines is 1. The van der Waals surface area contributed by atoms with Crippen molar-refractivity contribution in [2.45, 2.75) is 38.6 Å². The van der Waals surface area contributed by atoms with Crippen LogP contribution in [0.5, 0.6) is 0 Å². The highest BCUT2D eigenvalue weighted by molar-refractivity contribution is 5.87. The second-order valence-corrected chi connectivity index (χ2v) is 5.01. The molecule has 2 rings (SSSR count). The number of hydrogen-bond acceptors (Lipinski definition) is 3. The summed E-state index contributed by atoms with van der Waals surface area (Å²) in [5.74, 6) is 0.0153. The average molecular weight is 264 g/mol. The Balaban J connectivity index is 2.01. The van der Waals surface area contributed by atoms with Crippen LogP contribution in [0.1, 0.15) is 42.6 Å². The summed E-state index contributed by atoms with van der Waals surface area (Å²) in [5.41, 5.74) is 0.0405. The van der Waals surface area contributed by atoms with Crippen LogP contribution in [0, 0.1) is 5.92 Å². The number of rotatable bonds is 5. The molecule has 1 saturated carbocycles. The minimum Gasteiger partial charge on any atom is -0.457 e. The van der Waals surface area contributed by atoms with Gasteiger partial charge in [-0.2, -0.15) is 0 Å². The molecule has 0 unspecified atom stereocenters. The van der Waals surface area contributed by atoms with Crippen molar-refractivity contribution in [3.63, 3.8) is 0 Å². The predicted octanol–water partition coefficient (Wildman–Crippen LogP) is 2.10. The van der Waals surface area contributed by atoms with Gasteiger partial charge in [-0.15, -0.1) is 0 Å². The summed E-state index contributed by atoms with van der Waals surface area (Å²) in [7, 11) is 0. The standard InChI is InChI=1S/C14H20N2O3/c1-2-8-19-14(18)12-9-13(17)16(15-12)10-11-6-4-3-5-7-11/h2,9,11,15H,1,3-8,10H2. The fourth-order valence-electron chi connectivity index (χ4n) is 2.51. The summed E-state index contributed by atoms with van der Waals surface area (Å²) in [5, 5.41) is 2.83. The molecule has 0 spiro atoms. The smallest absolute Gasteiger partial charge is 0.356 e. The Labute approximate surface area is 112 Å². The van der Waals surface area contributed by atoms with Crippen LogP contribution in [0.25, 0.3) is 0 Å². The number of nitrogens with zero attached hydrogens (tertiary/aromatic N) is 1. The lowest BCUT2D eigenvalue weighted by atomic mass is 9.89. The van der Waals surface area contributed by atoms with Crippen molar-refractivity contribution in [2.75, 3.05) is 6.61 Å². The van der Waals surface area contributed by atoms with Crippen molar-refractivity contribution in [2.24, 2.45) is 5.92 Å². The van der Waals surface area contributed by atoms with Gasteiger partial charge in [0.25, 0.3) is 5.56 Å². The number of hydrogen-bond donors (Lipinski definition) is 1. The van der Waals surface area contributed by atoms with Gasteiger partial charge in [0, 0.05) is 12.6 Å². The highest BCUT2D eigenvalue weighted by Gasteiger charge is 2.17. The molecule has 0 amide bonds. The zero-order chi connectivity index (χ0) is 13.7. The summed E-state index contributed by atoms with van der Waals surface area (Å²) in [6, 6.07) is 1.30. The molecule has 1 aromatic rings. The monoisotopic (exact) mass is 264 g/mol. The van der Waals surface area contributed by atoms with E-state index in [0.29, 0.717) is 12.5 Å². The molecule has 1 N–H and O–H groups in total. The van der Waals surface area contributed by atoms with E-state index in [4.69, 9.17) is 4.74 Å². The zero-order valence-corrected chi connectivity index (χ0v) is 11.1. The van der Waals surface area contributed by atoms with E-state index in [1.165, 1.54) is 36.1 Å². The van der Waals surface area contributed by atoms with Crippen LogP contribution in [0.4, 0.5) is 0 Å². The number of aromatic nitrogens is 2. The van der Waals surface area contributed by atoms with Gasteiger partial charge in [-0.05, 0) is 18.8 Å². The SMILES string of the molecule is C=CCOC(=O)c1cc(=O)n(CC2CCCCC2)[nH]1. The van der Waals surface area contributed by atoms with E-state index >= 15 is 0 Å². The fraction of sp³-hybridized carbons (Fsp3) is 0.571. The third-order valence-corrected chi connectivity index (χ3v) is 3.51. The highest BCUT2D eigenvalue weighted by atomic mass is 16.5. The van der Waals surface area contributed by atoms with Crippen LogP contribution in [0.3, 0.4) is 0 Å². The van der Waals surface area contributed by atoms with Gasteiger partial charge in [-0.25, -0.2) is 4.79 Å². The second-order valence-electron chi connectivity index (χ2n) is 5.01. The number of carbonyl (C=O) groups is 1. The molecule has 104 valence electrons. The number of H-pyrrole nitrogens is 1.